The second-order valence-electron chi connectivity index (χ2n) is 5.02. The molecule has 0 spiro atoms. The molecule has 0 aliphatic heterocycles. The van der Waals surface area contributed by atoms with E-state index in [0.717, 1.165) is 35.4 Å². The summed E-state index contributed by atoms with van der Waals surface area (Å²) < 4.78 is 0.982. The van der Waals surface area contributed by atoms with Crippen LogP contribution in [0.2, 0.25) is 0 Å². The van der Waals surface area contributed by atoms with Crippen molar-refractivity contribution in [3.8, 4) is 0 Å². The molecular weight excluding hydrogens is 330 g/mol. The monoisotopic (exact) mass is 349 g/mol. The summed E-state index contributed by atoms with van der Waals surface area (Å²) >= 11 is 3.54. The Hall–Kier alpha value is -1.69. The average molecular weight is 350 g/mol. The molecule has 6 heteroatoms. The number of aromatic nitrogens is 3. The molecule has 0 radical (unpaired) electrons. The van der Waals surface area contributed by atoms with Crippen LogP contribution < -0.4 is 10.2 Å². The van der Waals surface area contributed by atoms with Gasteiger partial charge in [-0.2, -0.15) is 10.1 Å². The molecule has 0 fully saturated rings. The third kappa shape index (κ3) is 4.39. The van der Waals surface area contributed by atoms with Crippen LogP contribution >= 0.6 is 15.9 Å². The van der Waals surface area contributed by atoms with Crippen LogP contribution in [0.25, 0.3) is 0 Å². The lowest BCUT2D eigenvalue weighted by molar-refractivity contribution is 0.754. The van der Waals surface area contributed by atoms with E-state index in [1.807, 2.05) is 25.2 Å². The zero-order chi connectivity index (χ0) is 15.2. The molecule has 2 aromatic rings. The van der Waals surface area contributed by atoms with E-state index in [4.69, 9.17) is 0 Å². The van der Waals surface area contributed by atoms with Crippen molar-refractivity contribution in [2.45, 2.75) is 26.7 Å². The van der Waals surface area contributed by atoms with Crippen molar-refractivity contribution in [2.75, 3.05) is 23.8 Å². The maximum atomic E-state index is 4.50. The van der Waals surface area contributed by atoms with Gasteiger partial charge in [0.25, 0.3) is 0 Å². The number of aryl methyl sites for hydroxylation is 1. The number of rotatable bonds is 6. The first-order valence-electron chi connectivity index (χ1n) is 7.04. The molecule has 21 heavy (non-hydrogen) atoms. The van der Waals surface area contributed by atoms with Crippen molar-refractivity contribution in [1.82, 2.24) is 15.2 Å². The Balaban J connectivity index is 2.13. The Bertz CT molecular complexity index is 602. The summed E-state index contributed by atoms with van der Waals surface area (Å²) in [5.41, 5.74) is 2.12. The maximum Gasteiger partial charge on any atom is 0.249 e. The van der Waals surface area contributed by atoms with Gasteiger partial charge in [-0.15, -0.1) is 5.10 Å². The molecule has 0 bridgehead atoms. The molecule has 0 aliphatic carbocycles. The van der Waals surface area contributed by atoms with Gasteiger partial charge in [0.2, 0.25) is 5.95 Å². The molecule has 0 saturated carbocycles. The van der Waals surface area contributed by atoms with Gasteiger partial charge < -0.3 is 10.2 Å². The normalized spacial score (nSPS) is 10.5. The largest absolute Gasteiger partial charge is 0.358 e. The van der Waals surface area contributed by atoms with Crippen molar-refractivity contribution in [3.63, 3.8) is 0 Å². The number of hydrogen-bond donors (Lipinski definition) is 1. The molecule has 1 heterocycles. The van der Waals surface area contributed by atoms with Gasteiger partial charge in [0.1, 0.15) is 0 Å². The van der Waals surface area contributed by atoms with E-state index in [2.05, 4.69) is 55.2 Å². The average Bonchev–Trinajstić information content (AvgIpc) is 2.48. The summed E-state index contributed by atoms with van der Waals surface area (Å²) in [7, 11) is 2.02. The molecule has 0 amide bonds. The Morgan fingerprint density at radius 1 is 1.33 bits per heavy atom. The minimum Gasteiger partial charge on any atom is -0.358 e. The molecule has 1 aromatic heterocycles. The maximum absolute atomic E-state index is 4.50. The number of hydrogen-bond acceptors (Lipinski definition) is 5. The fraction of sp³-hybridized carbons (Fsp3) is 0.400. The molecular formula is C15H20BrN5. The van der Waals surface area contributed by atoms with E-state index >= 15 is 0 Å². The first-order valence-corrected chi connectivity index (χ1v) is 7.83. The van der Waals surface area contributed by atoms with E-state index in [-0.39, 0.29) is 0 Å². The molecule has 5 nitrogen and oxygen atoms in total. The highest BCUT2D eigenvalue weighted by Gasteiger charge is 2.07. The third-order valence-electron chi connectivity index (χ3n) is 3.16. The number of benzene rings is 1. The number of nitrogens with zero attached hydrogens (tertiary/aromatic N) is 4. The molecule has 1 aromatic carbocycles. The van der Waals surface area contributed by atoms with Crippen LogP contribution in [0.5, 0.6) is 0 Å². The summed E-state index contributed by atoms with van der Waals surface area (Å²) in [4.78, 5) is 6.60. The summed E-state index contributed by atoms with van der Waals surface area (Å²) in [6.07, 6.45) is 3.97. The molecule has 2 rings (SSSR count). The number of halogens is 1. The summed E-state index contributed by atoms with van der Waals surface area (Å²) in [5, 5.41) is 11.3. The van der Waals surface area contributed by atoms with Gasteiger partial charge >= 0.3 is 0 Å². The van der Waals surface area contributed by atoms with Gasteiger partial charge in [-0.1, -0.05) is 19.4 Å². The van der Waals surface area contributed by atoms with E-state index in [1.54, 1.807) is 6.20 Å². The second kappa shape index (κ2) is 7.36. The minimum atomic E-state index is 0.500. The second-order valence-corrected chi connectivity index (χ2v) is 5.88. The van der Waals surface area contributed by atoms with Crippen LogP contribution in [0.1, 0.15) is 25.3 Å². The van der Waals surface area contributed by atoms with Crippen molar-refractivity contribution in [3.05, 3.63) is 34.4 Å². The van der Waals surface area contributed by atoms with Gasteiger partial charge in [0, 0.05) is 18.1 Å². The molecule has 0 aliphatic rings. The first kappa shape index (κ1) is 15.7. The first-order chi connectivity index (χ1) is 10.1. The SMILES string of the molecule is CCCCN(C)c1cnnc(Nc2ccc(C)cc2Br)n1. The van der Waals surface area contributed by atoms with Crippen molar-refractivity contribution < 1.29 is 0 Å². The van der Waals surface area contributed by atoms with E-state index in [1.165, 1.54) is 5.56 Å². The van der Waals surface area contributed by atoms with Crippen LogP contribution in [0.4, 0.5) is 17.5 Å². The lowest BCUT2D eigenvalue weighted by Crippen LogP contribution is -2.20. The van der Waals surface area contributed by atoms with E-state index < -0.39 is 0 Å². The van der Waals surface area contributed by atoms with Crippen molar-refractivity contribution in [1.29, 1.82) is 0 Å². The van der Waals surface area contributed by atoms with Crippen LogP contribution in [-0.4, -0.2) is 28.8 Å². The number of unbranched alkanes of at least 4 members (excludes halogenated alkanes) is 1. The van der Waals surface area contributed by atoms with Gasteiger partial charge in [0.15, 0.2) is 5.82 Å². The Morgan fingerprint density at radius 3 is 2.86 bits per heavy atom. The predicted molar refractivity (Wildman–Crippen MR) is 90.2 cm³/mol. The summed E-state index contributed by atoms with van der Waals surface area (Å²) in [6, 6.07) is 6.08. The molecule has 0 unspecified atom stereocenters. The van der Waals surface area contributed by atoms with E-state index in [0.29, 0.717) is 5.95 Å². The molecule has 0 saturated heterocycles. The smallest absolute Gasteiger partial charge is 0.249 e. The number of nitrogens with one attached hydrogen (secondary N) is 1. The third-order valence-corrected chi connectivity index (χ3v) is 3.81. The van der Waals surface area contributed by atoms with Gasteiger partial charge in [-0.25, -0.2) is 0 Å². The minimum absolute atomic E-state index is 0.500. The molecule has 0 atom stereocenters. The van der Waals surface area contributed by atoms with Crippen LogP contribution in [-0.2, 0) is 0 Å². The highest BCUT2D eigenvalue weighted by Crippen LogP contribution is 2.25. The van der Waals surface area contributed by atoms with E-state index in [9.17, 15) is 0 Å². The van der Waals surface area contributed by atoms with Gasteiger partial charge in [-0.05, 0) is 47.0 Å². The summed E-state index contributed by atoms with van der Waals surface area (Å²) in [5.74, 6) is 1.32. The molecule has 1 N–H and O–H groups in total. The highest BCUT2D eigenvalue weighted by molar-refractivity contribution is 9.10. The zero-order valence-electron chi connectivity index (χ0n) is 12.6. The van der Waals surface area contributed by atoms with Crippen molar-refractivity contribution in [2.24, 2.45) is 0 Å². The van der Waals surface area contributed by atoms with Crippen LogP contribution in [0.3, 0.4) is 0 Å². The topological polar surface area (TPSA) is 53.9 Å². The summed E-state index contributed by atoms with van der Waals surface area (Å²) in [6.45, 7) is 5.19. The fourth-order valence-electron chi connectivity index (χ4n) is 1.88. The fourth-order valence-corrected chi connectivity index (χ4v) is 2.48. The predicted octanol–water partition coefficient (Wildman–Crippen LogP) is 3.92. The lowest BCUT2D eigenvalue weighted by atomic mass is 10.2. The van der Waals surface area contributed by atoms with Crippen LogP contribution in [0, 0.1) is 6.92 Å². The quantitative estimate of drug-likeness (QED) is 0.856. The molecule has 112 valence electrons. The van der Waals surface area contributed by atoms with Gasteiger partial charge in [0.05, 0.1) is 11.9 Å². The van der Waals surface area contributed by atoms with Crippen molar-refractivity contribution >= 4 is 33.4 Å². The Labute approximate surface area is 133 Å². The standard InChI is InChI=1S/C15H20BrN5/c1-4-5-8-21(3)14-10-17-20-15(19-14)18-13-7-6-11(2)9-12(13)16/h6-7,9-10H,4-5,8H2,1-3H3,(H,18,19,20). The Kier molecular flexibility index (Phi) is 5.50. The highest BCUT2D eigenvalue weighted by atomic mass is 79.9. The van der Waals surface area contributed by atoms with Crippen LogP contribution in [0.15, 0.2) is 28.9 Å². The zero-order valence-corrected chi connectivity index (χ0v) is 14.2. The number of anilines is 3. The Morgan fingerprint density at radius 2 is 2.14 bits per heavy atom. The van der Waals surface area contributed by atoms with Gasteiger partial charge in [-0.3, -0.25) is 0 Å². The lowest BCUT2D eigenvalue weighted by Gasteiger charge is -2.17.